The standard InChI is InChI=1S/C17H8ClF4N5O2/c18-12-5-9(17(20,21)22)7-24-14(12)8-26-15(28)13(6-23)25-27(16(26)29)11-3-1-10(19)2-4-11/h1-5,7H,8H2. The molecule has 0 saturated carbocycles. The number of aromatic nitrogens is 4. The summed E-state index contributed by atoms with van der Waals surface area (Å²) in [5, 5.41) is 12.4. The number of nitriles is 1. The van der Waals surface area contributed by atoms with Crippen molar-refractivity contribution in [2.45, 2.75) is 12.7 Å². The van der Waals surface area contributed by atoms with Crippen molar-refractivity contribution < 1.29 is 17.6 Å². The third kappa shape index (κ3) is 4.02. The Kier molecular flexibility index (Phi) is 5.21. The highest BCUT2D eigenvalue weighted by atomic mass is 35.5. The Morgan fingerprint density at radius 3 is 2.38 bits per heavy atom. The first-order chi connectivity index (χ1) is 13.6. The van der Waals surface area contributed by atoms with Crippen LogP contribution in [0.25, 0.3) is 5.69 Å². The molecule has 2 heterocycles. The summed E-state index contributed by atoms with van der Waals surface area (Å²) < 4.78 is 52.6. The van der Waals surface area contributed by atoms with E-state index in [9.17, 15) is 27.2 Å². The number of hydrogen-bond donors (Lipinski definition) is 0. The van der Waals surface area contributed by atoms with E-state index in [2.05, 4.69) is 10.1 Å². The Labute approximate surface area is 164 Å². The lowest BCUT2D eigenvalue weighted by atomic mass is 10.2. The van der Waals surface area contributed by atoms with Crippen molar-refractivity contribution >= 4 is 11.6 Å². The summed E-state index contributed by atoms with van der Waals surface area (Å²) in [6.45, 7) is -0.604. The zero-order valence-electron chi connectivity index (χ0n) is 14.1. The highest BCUT2D eigenvalue weighted by Gasteiger charge is 2.31. The minimum atomic E-state index is -4.67. The van der Waals surface area contributed by atoms with Crippen molar-refractivity contribution in [3.8, 4) is 11.8 Å². The summed E-state index contributed by atoms with van der Waals surface area (Å²) in [7, 11) is 0. The van der Waals surface area contributed by atoms with Crippen LogP contribution >= 0.6 is 11.6 Å². The van der Waals surface area contributed by atoms with Gasteiger partial charge in [0.05, 0.1) is 28.5 Å². The van der Waals surface area contributed by atoms with E-state index in [4.69, 9.17) is 16.9 Å². The first-order valence-electron chi connectivity index (χ1n) is 7.73. The maximum atomic E-state index is 13.1. The molecule has 0 radical (unpaired) electrons. The highest BCUT2D eigenvalue weighted by Crippen LogP contribution is 2.31. The summed E-state index contributed by atoms with van der Waals surface area (Å²) in [4.78, 5) is 28.6. The quantitative estimate of drug-likeness (QED) is 0.601. The van der Waals surface area contributed by atoms with Gasteiger partial charge in [0, 0.05) is 6.20 Å². The van der Waals surface area contributed by atoms with Crippen LogP contribution in [0, 0.1) is 17.1 Å². The molecular weight excluding hydrogens is 418 g/mol. The lowest BCUT2D eigenvalue weighted by Crippen LogP contribution is -2.42. The van der Waals surface area contributed by atoms with E-state index in [0.717, 1.165) is 12.1 Å². The SMILES string of the molecule is N#Cc1nn(-c2ccc(F)cc2)c(=O)n(Cc2ncc(C(F)(F)F)cc2Cl)c1=O. The van der Waals surface area contributed by atoms with Crippen molar-refractivity contribution in [2.75, 3.05) is 0 Å². The van der Waals surface area contributed by atoms with Gasteiger partial charge < -0.3 is 0 Å². The summed E-state index contributed by atoms with van der Waals surface area (Å²) in [6, 6.07) is 6.62. The van der Waals surface area contributed by atoms with E-state index >= 15 is 0 Å². The zero-order chi connectivity index (χ0) is 21.3. The molecule has 0 atom stereocenters. The molecule has 2 aromatic heterocycles. The second-order valence-corrected chi connectivity index (χ2v) is 6.08. The minimum Gasteiger partial charge on any atom is -0.266 e. The lowest BCUT2D eigenvalue weighted by Gasteiger charge is -2.12. The number of benzene rings is 1. The number of halogens is 5. The van der Waals surface area contributed by atoms with Gasteiger partial charge in [-0.15, -0.1) is 5.10 Å². The molecule has 148 valence electrons. The second kappa shape index (κ2) is 7.48. The summed E-state index contributed by atoms with van der Waals surface area (Å²) in [6.07, 6.45) is -4.16. The van der Waals surface area contributed by atoms with Crippen molar-refractivity contribution in [1.82, 2.24) is 19.3 Å². The normalized spacial score (nSPS) is 11.3. The Morgan fingerprint density at radius 2 is 1.83 bits per heavy atom. The largest absolute Gasteiger partial charge is 0.417 e. The van der Waals surface area contributed by atoms with E-state index < -0.39 is 46.1 Å². The molecule has 12 heteroatoms. The van der Waals surface area contributed by atoms with Crippen molar-refractivity contribution in [3.05, 3.63) is 85.2 Å². The predicted molar refractivity (Wildman–Crippen MR) is 92.1 cm³/mol. The van der Waals surface area contributed by atoms with Gasteiger partial charge in [0.15, 0.2) is 0 Å². The van der Waals surface area contributed by atoms with Crippen LogP contribution in [0.15, 0.2) is 46.1 Å². The topological polar surface area (TPSA) is 93.6 Å². The average Bonchev–Trinajstić information content (AvgIpc) is 2.66. The van der Waals surface area contributed by atoms with E-state index in [1.165, 1.54) is 18.2 Å². The van der Waals surface area contributed by atoms with E-state index in [-0.39, 0.29) is 11.4 Å². The van der Waals surface area contributed by atoms with Crippen LogP contribution < -0.4 is 11.2 Å². The van der Waals surface area contributed by atoms with Crippen molar-refractivity contribution in [1.29, 1.82) is 5.26 Å². The van der Waals surface area contributed by atoms with Crippen LogP contribution in [0.3, 0.4) is 0 Å². The Hall–Kier alpha value is -3.52. The van der Waals surface area contributed by atoms with Gasteiger partial charge in [-0.1, -0.05) is 11.6 Å². The fourth-order valence-electron chi connectivity index (χ4n) is 2.36. The van der Waals surface area contributed by atoms with Gasteiger partial charge in [0.1, 0.15) is 11.9 Å². The smallest absolute Gasteiger partial charge is 0.266 e. The molecule has 0 aliphatic heterocycles. The molecule has 1 aromatic carbocycles. The third-order valence-corrected chi connectivity index (χ3v) is 4.12. The van der Waals surface area contributed by atoms with Gasteiger partial charge in [-0.2, -0.15) is 23.1 Å². The van der Waals surface area contributed by atoms with Crippen molar-refractivity contribution in [2.24, 2.45) is 0 Å². The van der Waals surface area contributed by atoms with Gasteiger partial charge in [-0.05, 0) is 30.3 Å². The molecular formula is C17H8ClF4N5O2. The molecule has 3 aromatic rings. The Morgan fingerprint density at radius 1 is 1.17 bits per heavy atom. The molecule has 29 heavy (non-hydrogen) atoms. The molecule has 3 rings (SSSR count). The summed E-state index contributed by atoms with van der Waals surface area (Å²) >= 11 is 5.83. The molecule has 7 nitrogen and oxygen atoms in total. The van der Waals surface area contributed by atoms with Crippen LogP contribution in [0.2, 0.25) is 5.02 Å². The van der Waals surface area contributed by atoms with Gasteiger partial charge in [0.25, 0.3) is 5.56 Å². The first-order valence-corrected chi connectivity index (χ1v) is 8.11. The monoisotopic (exact) mass is 425 g/mol. The molecule has 0 aliphatic carbocycles. The van der Waals surface area contributed by atoms with Crippen LogP contribution in [0.5, 0.6) is 0 Å². The lowest BCUT2D eigenvalue weighted by molar-refractivity contribution is -0.137. The summed E-state index contributed by atoms with van der Waals surface area (Å²) in [5.74, 6) is -0.587. The van der Waals surface area contributed by atoms with Gasteiger partial charge in [-0.25, -0.2) is 9.18 Å². The number of nitrogens with zero attached hydrogens (tertiary/aromatic N) is 5. The highest BCUT2D eigenvalue weighted by molar-refractivity contribution is 6.31. The van der Waals surface area contributed by atoms with E-state index in [1.807, 2.05) is 0 Å². The summed E-state index contributed by atoms with van der Waals surface area (Å²) in [5.41, 5.74) is -3.98. The van der Waals surface area contributed by atoms with Gasteiger partial charge in [-0.3, -0.25) is 14.3 Å². The molecule has 0 fully saturated rings. The number of pyridine rings is 1. The third-order valence-electron chi connectivity index (χ3n) is 3.79. The minimum absolute atomic E-state index is 0.0631. The molecule has 0 spiro atoms. The first kappa shape index (κ1) is 20.2. The Balaban J connectivity index is 2.14. The molecule has 0 amide bonds. The fraction of sp³-hybridized carbons (Fsp3) is 0.118. The van der Waals surface area contributed by atoms with Crippen LogP contribution in [-0.4, -0.2) is 19.3 Å². The molecule has 0 bridgehead atoms. The van der Waals surface area contributed by atoms with E-state index in [1.54, 1.807) is 0 Å². The van der Waals surface area contributed by atoms with Gasteiger partial charge >= 0.3 is 11.9 Å². The maximum absolute atomic E-state index is 13.1. The second-order valence-electron chi connectivity index (χ2n) is 5.67. The molecule has 0 N–H and O–H groups in total. The van der Waals surface area contributed by atoms with Crippen LogP contribution in [0.4, 0.5) is 17.6 Å². The van der Waals surface area contributed by atoms with Crippen molar-refractivity contribution in [3.63, 3.8) is 0 Å². The van der Waals surface area contributed by atoms with Crippen LogP contribution in [-0.2, 0) is 12.7 Å². The zero-order valence-corrected chi connectivity index (χ0v) is 14.9. The Bertz CT molecular complexity index is 1240. The average molecular weight is 426 g/mol. The number of alkyl halides is 3. The number of hydrogen-bond acceptors (Lipinski definition) is 5. The van der Waals surface area contributed by atoms with E-state index in [0.29, 0.717) is 21.5 Å². The molecule has 0 unspecified atom stereocenters. The van der Waals surface area contributed by atoms with Crippen LogP contribution in [0.1, 0.15) is 17.0 Å². The maximum Gasteiger partial charge on any atom is 0.417 e. The molecule has 0 saturated heterocycles. The predicted octanol–water partition coefficient (Wildman–Crippen LogP) is 2.52. The number of rotatable bonds is 3. The van der Waals surface area contributed by atoms with Gasteiger partial charge in [0.2, 0.25) is 5.69 Å². The fourth-order valence-corrected chi connectivity index (χ4v) is 2.59. The molecule has 0 aliphatic rings.